The van der Waals surface area contributed by atoms with Crippen LogP contribution in [0.25, 0.3) is 75.7 Å². The smallest absolute Gasteiger partial charge is 0.261 e. The number of benzene rings is 5. The molecule has 8 rings (SSSR count). The summed E-state index contributed by atoms with van der Waals surface area (Å²) in [6.45, 7) is 17.6. The first-order chi connectivity index (χ1) is 25.4. The molecule has 5 aromatic carbocycles. The van der Waals surface area contributed by atoms with Gasteiger partial charge < -0.3 is 4.57 Å². The molecule has 272 valence electrons. The summed E-state index contributed by atoms with van der Waals surface area (Å²) in [5.74, 6) is 3.56. The Bertz CT molecular complexity index is 3020. The van der Waals surface area contributed by atoms with Gasteiger partial charge in [0, 0.05) is 72.7 Å². The van der Waals surface area contributed by atoms with E-state index in [0.29, 0.717) is 58.0 Å². The molecule has 0 atom stereocenters. The predicted octanol–water partition coefficient (Wildman–Crippen LogP) is 9.89. The van der Waals surface area contributed by atoms with Crippen LogP contribution in [-0.4, -0.2) is 21.8 Å². The van der Waals surface area contributed by atoms with E-state index in [0.717, 1.165) is 81.1 Å². The number of rotatable bonds is 11. The van der Waals surface area contributed by atoms with Crippen molar-refractivity contribution in [1.29, 1.82) is 0 Å². The lowest BCUT2D eigenvalue weighted by molar-refractivity contribution is 0.451. The van der Waals surface area contributed by atoms with Gasteiger partial charge in [-0.2, -0.15) is 0 Å². The van der Waals surface area contributed by atoms with Crippen LogP contribution in [-0.2, 0) is 6.54 Å². The maximum absolute atomic E-state index is 14.7. The number of aromatic nitrogens is 3. The highest BCUT2D eigenvalue weighted by Gasteiger charge is 2.31. The number of unbranched alkanes of at least 4 members (excludes halogenated alkanes) is 3. The average Bonchev–Trinajstić information content (AvgIpc) is 3.46. The fourth-order valence-corrected chi connectivity index (χ4v) is 9.88. The van der Waals surface area contributed by atoms with Crippen molar-refractivity contribution in [3.8, 4) is 11.5 Å². The lowest BCUT2D eigenvalue weighted by Gasteiger charge is -2.21. The highest BCUT2D eigenvalue weighted by molar-refractivity contribution is 6.84. The second-order valence-electron chi connectivity index (χ2n) is 16.3. The molecule has 7 nitrogen and oxygen atoms in total. The van der Waals surface area contributed by atoms with Crippen LogP contribution >= 0.6 is 0 Å². The van der Waals surface area contributed by atoms with E-state index in [4.69, 9.17) is 0 Å². The normalized spacial score (nSPS) is 12.9. The van der Waals surface area contributed by atoms with E-state index in [1.165, 1.54) is 9.13 Å². The Kier molecular flexibility index (Phi) is 8.45. The zero-order valence-corrected chi connectivity index (χ0v) is 33.4. The first kappa shape index (κ1) is 35.3. The highest BCUT2D eigenvalue weighted by atomic mass is 28.3. The monoisotopic (exact) mass is 723 g/mol. The first-order valence-corrected chi connectivity index (χ1v) is 23.3. The molecule has 0 amide bonds. The van der Waals surface area contributed by atoms with Crippen molar-refractivity contribution in [2.75, 3.05) is 0 Å². The topological polar surface area (TPSA) is 83.1 Å². The summed E-state index contributed by atoms with van der Waals surface area (Å²) in [7, 11) is -1.87. The molecule has 53 heavy (non-hydrogen) atoms. The Labute approximate surface area is 309 Å². The predicted molar refractivity (Wildman–Crippen MR) is 226 cm³/mol. The second kappa shape index (κ2) is 12.7. The zero-order valence-electron chi connectivity index (χ0n) is 32.4. The Hall–Kier alpha value is -4.74. The Morgan fingerprint density at radius 3 is 1.57 bits per heavy atom. The lowest BCUT2D eigenvalue weighted by atomic mass is 9.84. The minimum absolute atomic E-state index is 0.200. The van der Waals surface area contributed by atoms with Crippen LogP contribution in [0.4, 0.5) is 0 Å². The summed E-state index contributed by atoms with van der Waals surface area (Å²) in [5, 5.41) is 9.12. The molecule has 8 aromatic rings. The standard InChI is InChI=1S/C45H49N3O4Si/c1-9-14-15-16-20-46-33-23-31-36-29(42(49)47(44(31)51)26(10-2)11-3)18-17-28-35-25(19-21-53(6,7)8)22-30-37-32(45(52)48(43(30)50)27(12-4)13-5)24-34(46)40(41(35)37)39(33)38(28)36/h17-18,22-24,26-27H,9-16,20H2,1-8H3. The molecule has 0 saturated carbocycles. The molecule has 0 saturated heterocycles. The highest BCUT2D eigenvalue weighted by Crippen LogP contribution is 2.50. The maximum atomic E-state index is 14.7. The van der Waals surface area contributed by atoms with E-state index >= 15 is 0 Å². The third-order valence-electron chi connectivity index (χ3n) is 12.0. The van der Waals surface area contributed by atoms with Gasteiger partial charge in [0.2, 0.25) is 0 Å². The molecule has 0 spiro atoms. The van der Waals surface area contributed by atoms with Crippen LogP contribution in [0.1, 0.15) is 104 Å². The summed E-state index contributed by atoms with van der Waals surface area (Å²) in [5.41, 5.74) is 5.19. The van der Waals surface area contributed by atoms with Crippen LogP contribution in [0, 0.1) is 11.5 Å². The van der Waals surface area contributed by atoms with Crippen molar-refractivity contribution in [3.63, 3.8) is 0 Å². The molecule has 0 radical (unpaired) electrons. The molecule has 3 heterocycles. The number of hydrogen-bond donors (Lipinski definition) is 0. The largest absolute Gasteiger partial charge is 0.340 e. The Morgan fingerprint density at radius 1 is 0.547 bits per heavy atom. The third kappa shape index (κ3) is 4.92. The molecule has 3 aromatic heterocycles. The van der Waals surface area contributed by atoms with Crippen molar-refractivity contribution in [2.24, 2.45) is 0 Å². The molecule has 0 unspecified atom stereocenters. The van der Waals surface area contributed by atoms with Gasteiger partial charge in [-0.1, -0.05) is 85.5 Å². The van der Waals surface area contributed by atoms with Crippen molar-refractivity contribution in [2.45, 2.75) is 124 Å². The number of fused-ring (bicyclic) bond motifs is 1. The molecular weight excluding hydrogens is 675 g/mol. The van der Waals surface area contributed by atoms with Crippen molar-refractivity contribution in [1.82, 2.24) is 13.7 Å². The average molecular weight is 724 g/mol. The number of aryl methyl sites for hydroxylation is 1. The van der Waals surface area contributed by atoms with Gasteiger partial charge in [-0.15, -0.1) is 5.54 Å². The molecule has 0 aliphatic rings. The fourth-order valence-electron chi connectivity index (χ4n) is 9.37. The van der Waals surface area contributed by atoms with Crippen LogP contribution in [0.15, 0.2) is 49.5 Å². The van der Waals surface area contributed by atoms with E-state index in [-0.39, 0.29) is 34.3 Å². The molecule has 0 aliphatic carbocycles. The first-order valence-electron chi connectivity index (χ1n) is 19.8. The summed E-state index contributed by atoms with van der Waals surface area (Å²) < 4.78 is 5.30. The van der Waals surface area contributed by atoms with E-state index in [2.05, 4.69) is 42.6 Å². The van der Waals surface area contributed by atoms with Crippen molar-refractivity contribution in [3.05, 3.63) is 77.3 Å². The number of pyridine rings is 2. The minimum Gasteiger partial charge on any atom is -0.340 e. The van der Waals surface area contributed by atoms with Crippen LogP contribution < -0.4 is 22.2 Å². The Morgan fingerprint density at radius 2 is 1.04 bits per heavy atom. The van der Waals surface area contributed by atoms with Crippen molar-refractivity contribution < 1.29 is 0 Å². The molecule has 0 bridgehead atoms. The van der Waals surface area contributed by atoms with E-state index in [9.17, 15) is 19.2 Å². The molecule has 0 N–H and O–H groups in total. The molecule has 0 aliphatic heterocycles. The Balaban J connectivity index is 1.70. The second-order valence-corrected chi connectivity index (χ2v) is 21.0. The summed E-state index contributed by atoms with van der Waals surface area (Å²) >= 11 is 0. The van der Waals surface area contributed by atoms with Gasteiger partial charge in [0.1, 0.15) is 8.07 Å². The van der Waals surface area contributed by atoms with Gasteiger partial charge in [0.25, 0.3) is 22.2 Å². The number of hydrogen-bond acceptors (Lipinski definition) is 4. The summed E-state index contributed by atoms with van der Waals surface area (Å²) in [6, 6.07) is 9.46. The van der Waals surface area contributed by atoms with E-state index in [1.54, 1.807) is 0 Å². The van der Waals surface area contributed by atoms with Crippen molar-refractivity contribution >= 4 is 83.7 Å². The van der Waals surface area contributed by atoms with Crippen LogP contribution in [0.3, 0.4) is 0 Å². The molecule has 0 fully saturated rings. The summed E-state index contributed by atoms with van der Waals surface area (Å²) in [6.07, 6.45) is 6.94. The fraction of sp³-hybridized carbons (Fsp3) is 0.422. The summed E-state index contributed by atoms with van der Waals surface area (Å²) in [4.78, 5) is 58.2. The van der Waals surface area contributed by atoms with Gasteiger partial charge in [-0.25, -0.2) is 0 Å². The maximum Gasteiger partial charge on any atom is 0.261 e. The minimum atomic E-state index is -1.87. The number of nitrogens with zero attached hydrogens (tertiary/aromatic N) is 3. The van der Waals surface area contributed by atoms with Crippen LogP contribution in [0.5, 0.6) is 0 Å². The molecular formula is C45H49N3O4Si. The third-order valence-corrected chi connectivity index (χ3v) is 12.8. The SMILES string of the molecule is CCCCCCn1c2cc3c(=O)n(C(CC)CC)c(=O)c4ccc5c6c(C#C[Si](C)(C)C)cc7c(=O)n(C(CC)CC)c(=O)c8cc1c(c6c78)c2c5c43. The van der Waals surface area contributed by atoms with Gasteiger partial charge in [-0.3, -0.25) is 28.3 Å². The quantitative estimate of drug-likeness (QED) is 0.0437. The van der Waals surface area contributed by atoms with Gasteiger partial charge >= 0.3 is 0 Å². The van der Waals surface area contributed by atoms with E-state index < -0.39 is 8.07 Å². The zero-order chi connectivity index (χ0) is 37.7. The van der Waals surface area contributed by atoms with E-state index in [1.807, 2.05) is 58.0 Å². The van der Waals surface area contributed by atoms with Gasteiger partial charge in [-0.05, 0) is 61.8 Å². The molecule has 8 heteroatoms. The lowest BCUT2D eigenvalue weighted by Crippen LogP contribution is -2.36. The van der Waals surface area contributed by atoms with Gasteiger partial charge in [0.05, 0.1) is 21.8 Å². The van der Waals surface area contributed by atoms with Crippen LogP contribution in [0.2, 0.25) is 19.6 Å². The van der Waals surface area contributed by atoms with Gasteiger partial charge in [0.15, 0.2) is 0 Å².